The van der Waals surface area contributed by atoms with Gasteiger partial charge in [-0.2, -0.15) is 0 Å². The Morgan fingerprint density at radius 2 is 1.73 bits per heavy atom. The van der Waals surface area contributed by atoms with Crippen LogP contribution in [0.2, 0.25) is 0 Å². The van der Waals surface area contributed by atoms with Crippen molar-refractivity contribution in [2.45, 2.75) is 36.7 Å². The van der Waals surface area contributed by atoms with Crippen LogP contribution in [0, 0.1) is 6.92 Å². The van der Waals surface area contributed by atoms with Gasteiger partial charge in [-0.25, -0.2) is 27.0 Å². The molecule has 0 fully saturated rings. The van der Waals surface area contributed by atoms with Crippen LogP contribution in [-0.4, -0.2) is 35.6 Å². The standard InChI is InChI=1S/C19H26N4O4S2.HI/c1-4-21-19(22-12-15-6-5-7-17(11-15)29(20,26)27)23-13-16-8-9-18(14(2)10-16)28(3,24)25;/h5-11H,4,12-13H2,1-3H3,(H2,20,26,27)(H2,21,22,23);1H. The minimum absolute atomic E-state index is 0. The molecule has 0 saturated heterocycles. The summed E-state index contributed by atoms with van der Waals surface area (Å²) in [6.07, 6.45) is 1.19. The molecule has 0 bridgehead atoms. The monoisotopic (exact) mass is 566 g/mol. The Bertz CT molecular complexity index is 1120. The van der Waals surface area contributed by atoms with Crippen LogP contribution in [-0.2, 0) is 33.0 Å². The number of sulfone groups is 1. The van der Waals surface area contributed by atoms with Crippen LogP contribution in [0.3, 0.4) is 0 Å². The summed E-state index contributed by atoms with van der Waals surface area (Å²) in [4.78, 5) is 4.83. The summed E-state index contributed by atoms with van der Waals surface area (Å²) in [6, 6.07) is 11.5. The molecule has 0 aliphatic carbocycles. The molecule has 0 heterocycles. The molecule has 0 radical (unpaired) electrons. The zero-order valence-corrected chi connectivity index (χ0v) is 21.0. The number of benzene rings is 2. The van der Waals surface area contributed by atoms with Gasteiger partial charge < -0.3 is 10.6 Å². The molecule has 166 valence electrons. The molecule has 0 atom stereocenters. The van der Waals surface area contributed by atoms with Crippen molar-refractivity contribution in [2.24, 2.45) is 10.1 Å². The third kappa shape index (κ3) is 7.85. The van der Waals surface area contributed by atoms with Gasteiger partial charge in [-0.05, 0) is 48.7 Å². The second kappa shape index (κ2) is 11.1. The number of rotatable bonds is 7. The number of guanidine groups is 1. The molecule has 30 heavy (non-hydrogen) atoms. The highest BCUT2D eigenvalue weighted by atomic mass is 127. The molecule has 0 amide bonds. The van der Waals surface area contributed by atoms with Gasteiger partial charge in [0.2, 0.25) is 10.0 Å². The smallest absolute Gasteiger partial charge is 0.238 e. The largest absolute Gasteiger partial charge is 0.357 e. The summed E-state index contributed by atoms with van der Waals surface area (Å²) in [5, 5.41) is 11.5. The van der Waals surface area contributed by atoms with Crippen LogP contribution in [0.15, 0.2) is 57.2 Å². The minimum atomic E-state index is -3.76. The van der Waals surface area contributed by atoms with Crippen molar-refractivity contribution in [1.29, 1.82) is 0 Å². The van der Waals surface area contributed by atoms with Crippen LogP contribution >= 0.6 is 24.0 Å². The fourth-order valence-corrected chi connectivity index (χ4v) is 4.30. The van der Waals surface area contributed by atoms with Crippen molar-refractivity contribution in [3.8, 4) is 0 Å². The molecule has 2 aromatic rings. The molecule has 0 aromatic heterocycles. The topological polar surface area (TPSA) is 131 Å². The van der Waals surface area contributed by atoms with Crippen LogP contribution < -0.4 is 15.8 Å². The van der Waals surface area contributed by atoms with Crippen LogP contribution in [0.5, 0.6) is 0 Å². The maximum Gasteiger partial charge on any atom is 0.238 e. The first-order chi connectivity index (χ1) is 13.5. The Morgan fingerprint density at radius 3 is 2.30 bits per heavy atom. The molecule has 8 nitrogen and oxygen atoms in total. The zero-order chi connectivity index (χ0) is 21.7. The summed E-state index contributed by atoms with van der Waals surface area (Å²) in [7, 11) is -7.01. The molecule has 2 aromatic carbocycles. The molecular formula is C19H27IN4O4S2. The molecule has 4 N–H and O–H groups in total. The van der Waals surface area contributed by atoms with E-state index in [1.165, 1.54) is 18.4 Å². The average molecular weight is 566 g/mol. The van der Waals surface area contributed by atoms with E-state index in [1.54, 1.807) is 31.2 Å². The lowest BCUT2D eigenvalue weighted by Gasteiger charge is -2.13. The van der Waals surface area contributed by atoms with Crippen molar-refractivity contribution in [3.63, 3.8) is 0 Å². The van der Waals surface area contributed by atoms with Gasteiger partial charge in [0.25, 0.3) is 0 Å². The van der Waals surface area contributed by atoms with E-state index in [1.807, 2.05) is 13.0 Å². The Labute approximate surface area is 195 Å². The highest BCUT2D eigenvalue weighted by Crippen LogP contribution is 2.16. The first-order valence-corrected chi connectivity index (χ1v) is 12.4. The van der Waals surface area contributed by atoms with Gasteiger partial charge in [0.1, 0.15) is 0 Å². The van der Waals surface area contributed by atoms with Gasteiger partial charge in [0, 0.05) is 19.3 Å². The molecule has 0 unspecified atom stereocenters. The van der Waals surface area contributed by atoms with Gasteiger partial charge in [0.15, 0.2) is 15.8 Å². The van der Waals surface area contributed by atoms with Crippen molar-refractivity contribution >= 4 is 49.8 Å². The number of nitrogens with two attached hydrogens (primary N) is 1. The van der Waals surface area contributed by atoms with E-state index >= 15 is 0 Å². The summed E-state index contributed by atoms with van der Waals surface area (Å²) >= 11 is 0. The van der Waals surface area contributed by atoms with Crippen molar-refractivity contribution < 1.29 is 16.8 Å². The quantitative estimate of drug-likeness (QED) is 0.267. The van der Waals surface area contributed by atoms with Gasteiger partial charge in [-0.1, -0.05) is 24.3 Å². The fourth-order valence-electron chi connectivity index (χ4n) is 2.76. The van der Waals surface area contributed by atoms with Crippen LogP contribution in [0.4, 0.5) is 0 Å². The van der Waals surface area contributed by atoms with E-state index in [9.17, 15) is 16.8 Å². The van der Waals surface area contributed by atoms with Gasteiger partial charge >= 0.3 is 0 Å². The van der Waals surface area contributed by atoms with Crippen molar-refractivity contribution in [1.82, 2.24) is 10.6 Å². The molecule has 11 heteroatoms. The first kappa shape index (κ1) is 26.3. The maximum absolute atomic E-state index is 11.7. The van der Waals surface area contributed by atoms with E-state index in [-0.39, 0.29) is 35.4 Å². The fraction of sp³-hybridized carbons (Fsp3) is 0.316. The first-order valence-electron chi connectivity index (χ1n) is 8.94. The number of nitrogens with zero attached hydrogens (tertiary/aromatic N) is 1. The van der Waals surface area contributed by atoms with E-state index in [0.29, 0.717) is 35.1 Å². The third-order valence-electron chi connectivity index (χ3n) is 4.09. The number of hydrogen-bond acceptors (Lipinski definition) is 5. The number of primary sulfonamides is 1. The minimum Gasteiger partial charge on any atom is -0.357 e. The van der Waals surface area contributed by atoms with Crippen molar-refractivity contribution in [3.05, 3.63) is 59.2 Å². The van der Waals surface area contributed by atoms with E-state index in [4.69, 9.17) is 5.14 Å². The molecule has 0 saturated carbocycles. The third-order valence-corrected chi connectivity index (χ3v) is 6.26. The number of halogens is 1. The lowest BCUT2D eigenvalue weighted by Crippen LogP contribution is -2.36. The molecule has 0 aliphatic heterocycles. The van der Waals surface area contributed by atoms with E-state index in [2.05, 4.69) is 15.6 Å². The van der Waals surface area contributed by atoms with E-state index < -0.39 is 19.9 Å². The summed E-state index contributed by atoms with van der Waals surface area (Å²) in [5.41, 5.74) is 2.31. The Morgan fingerprint density at radius 1 is 1.03 bits per heavy atom. The van der Waals surface area contributed by atoms with Crippen LogP contribution in [0.1, 0.15) is 23.6 Å². The molecular weight excluding hydrogens is 539 g/mol. The molecule has 0 spiro atoms. The van der Waals surface area contributed by atoms with Gasteiger partial charge in [-0.15, -0.1) is 24.0 Å². The SMILES string of the molecule is CCNC(=NCc1cccc(S(N)(=O)=O)c1)NCc1ccc(S(C)(=O)=O)c(C)c1.I. The number of nitrogens with one attached hydrogen (secondary N) is 2. The normalized spacial score (nSPS) is 12.2. The highest BCUT2D eigenvalue weighted by molar-refractivity contribution is 14.0. The zero-order valence-electron chi connectivity index (χ0n) is 17.0. The highest BCUT2D eigenvalue weighted by Gasteiger charge is 2.11. The second-order valence-electron chi connectivity index (χ2n) is 6.61. The van der Waals surface area contributed by atoms with Gasteiger partial charge in [-0.3, -0.25) is 0 Å². The summed E-state index contributed by atoms with van der Waals surface area (Å²) in [5.74, 6) is 0.554. The number of sulfonamides is 1. The van der Waals surface area contributed by atoms with Gasteiger partial charge in [0.05, 0.1) is 16.3 Å². The number of aliphatic imine (C=N–C) groups is 1. The summed E-state index contributed by atoms with van der Waals surface area (Å²) in [6.45, 7) is 5.06. The maximum atomic E-state index is 11.7. The van der Waals surface area contributed by atoms with Crippen LogP contribution in [0.25, 0.3) is 0 Å². The predicted octanol–water partition coefficient (Wildman–Crippen LogP) is 1.92. The predicted molar refractivity (Wildman–Crippen MR) is 129 cm³/mol. The lowest BCUT2D eigenvalue weighted by molar-refractivity contribution is 0.597. The number of hydrogen-bond donors (Lipinski definition) is 3. The molecule has 0 aliphatic rings. The molecule has 2 rings (SSSR count). The Hall–Kier alpha value is -1.70. The Kier molecular flexibility index (Phi) is 9.72. The Balaban J connectivity index is 0.00000450. The summed E-state index contributed by atoms with van der Waals surface area (Å²) < 4.78 is 46.4. The van der Waals surface area contributed by atoms with Crippen molar-refractivity contribution in [2.75, 3.05) is 12.8 Å². The number of aryl methyl sites for hydroxylation is 1. The average Bonchev–Trinajstić information content (AvgIpc) is 2.62. The second-order valence-corrected chi connectivity index (χ2v) is 10.2. The van der Waals surface area contributed by atoms with E-state index in [0.717, 1.165) is 5.56 Å². The lowest BCUT2D eigenvalue weighted by atomic mass is 10.1.